The molecule has 0 saturated carbocycles. The number of halogens is 3. The molecule has 0 fully saturated rings. The quantitative estimate of drug-likeness (QED) is 0.624. The van der Waals surface area contributed by atoms with Crippen LogP contribution in [0.2, 0.25) is 0 Å². The normalized spacial score (nSPS) is 12.2. The van der Waals surface area contributed by atoms with Crippen LogP contribution in [-0.4, -0.2) is 18.4 Å². The maximum atomic E-state index is 13.0. The second-order valence-corrected chi connectivity index (χ2v) is 5.52. The van der Waals surface area contributed by atoms with Crippen molar-refractivity contribution in [3.63, 3.8) is 0 Å². The van der Waals surface area contributed by atoms with Gasteiger partial charge in [0.15, 0.2) is 0 Å². The van der Waals surface area contributed by atoms with Crippen LogP contribution in [0, 0.1) is 13.8 Å². The van der Waals surface area contributed by atoms with Gasteiger partial charge < -0.3 is 5.11 Å². The SMILES string of the molecule is C=NN(/C(=C/CO)c1cccc(C(F)(F)F)c1)c1cccc(C)c1C. The fourth-order valence-corrected chi connectivity index (χ4v) is 2.52. The largest absolute Gasteiger partial charge is 0.416 e. The molecule has 0 unspecified atom stereocenters. The lowest BCUT2D eigenvalue weighted by Gasteiger charge is -2.25. The third-order valence-corrected chi connectivity index (χ3v) is 3.94. The fraction of sp³-hybridized carbons (Fsp3) is 0.211. The van der Waals surface area contributed by atoms with E-state index in [9.17, 15) is 18.3 Å². The Bertz CT molecular complexity index is 797. The highest BCUT2D eigenvalue weighted by molar-refractivity contribution is 5.81. The van der Waals surface area contributed by atoms with Crippen LogP contribution in [0.15, 0.2) is 53.6 Å². The number of hydrogen-bond donors (Lipinski definition) is 1. The highest BCUT2D eigenvalue weighted by atomic mass is 19.4. The Morgan fingerprint density at radius 1 is 1.20 bits per heavy atom. The van der Waals surface area contributed by atoms with Crippen LogP contribution in [0.5, 0.6) is 0 Å². The van der Waals surface area contributed by atoms with Gasteiger partial charge in [-0.3, -0.25) is 0 Å². The van der Waals surface area contributed by atoms with E-state index >= 15 is 0 Å². The molecule has 0 atom stereocenters. The Morgan fingerprint density at radius 3 is 2.48 bits per heavy atom. The molecule has 0 aliphatic rings. The monoisotopic (exact) mass is 348 g/mol. The third kappa shape index (κ3) is 4.09. The number of hydrazone groups is 1. The summed E-state index contributed by atoms with van der Waals surface area (Å²) in [6.45, 7) is 7.02. The summed E-state index contributed by atoms with van der Waals surface area (Å²) in [5, 5.41) is 14.8. The van der Waals surface area contributed by atoms with Crippen LogP contribution < -0.4 is 5.01 Å². The molecule has 0 aromatic heterocycles. The van der Waals surface area contributed by atoms with E-state index in [2.05, 4.69) is 11.8 Å². The van der Waals surface area contributed by atoms with Gasteiger partial charge in [-0.15, -0.1) is 0 Å². The van der Waals surface area contributed by atoms with E-state index in [0.29, 0.717) is 11.4 Å². The van der Waals surface area contributed by atoms with Crippen LogP contribution in [0.25, 0.3) is 5.70 Å². The van der Waals surface area contributed by atoms with Crippen LogP contribution in [0.3, 0.4) is 0 Å². The molecule has 2 aromatic carbocycles. The molecule has 25 heavy (non-hydrogen) atoms. The lowest BCUT2D eigenvalue weighted by molar-refractivity contribution is -0.137. The molecule has 1 N–H and O–H groups in total. The first kappa shape index (κ1) is 18.7. The van der Waals surface area contributed by atoms with E-state index in [1.54, 1.807) is 12.1 Å². The summed E-state index contributed by atoms with van der Waals surface area (Å²) >= 11 is 0. The van der Waals surface area contributed by atoms with E-state index in [1.807, 2.05) is 26.0 Å². The molecule has 0 saturated heterocycles. The summed E-state index contributed by atoms with van der Waals surface area (Å²) in [5.74, 6) is 0. The minimum Gasteiger partial charge on any atom is -0.392 e. The number of aryl methyl sites for hydroxylation is 1. The number of anilines is 1. The van der Waals surface area contributed by atoms with Crippen molar-refractivity contribution in [2.75, 3.05) is 11.6 Å². The van der Waals surface area contributed by atoms with Crippen molar-refractivity contribution in [2.24, 2.45) is 5.10 Å². The minimum atomic E-state index is -4.45. The lowest BCUT2D eigenvalue weighted by Crippen LogP contribution is -2.17. The molecule has 0 spiro atoms. The molecule has 2 rings (SSSR count). The first-order valence-corrected chi connectivity index (χ1v) is 7.61. The van der Waals surface area contributed by atoms with Crippen molar-refractivity contribution in [1.82, 2.24) is 0 Å². The molecule has 2 aromatic rings. The maximum Gasteiger partial charge on any atom is 0.416 e. The lowest BCUT2D eigenvalue weighted by atomic mass is 10.0. The van der Waals surface area contributed by atoms with Crippen molar-refractivity contribution >= 4 is 18.1 Å². The Morgan fingerprint density at radius 2 is 1.88 bits per heavy atom. The van der Waals surface area contributed by atoms with Crippen LogP contribution in [0.4, 0.5) is 18.9 Å². The number of alkyl halides is 3. The Kier molecular flexibility index (Phi) is 5.64. The van der Waals surface area contributed by atoms with Crippen molar-refractivity contribution in [3.05, 3.63) is 70.8 Å². The molecule has 0 heterocycles. The van der Waals surface area contributed by atoms with E-state index in [4.69, 9.17) is 0 Å². The molecule has 3 nitrogen and oxygen atoms in total. The average molecular weight is 348 g/mol. The van der Waals surface area contributed by atoms with Crippen molar-refractivity contribution in [2.45, 2.75) is 20.0 Å². The third-order valence-electron chi connectivity index (χ3n) is 3.94. The van der Waals surface area contributed by atoms with Crippen molar-refractivity contribution in [3.8, 4) is 0 Å². The van der Waals surface area contributed by atoms with Gasteiger partial charge in [0.1, 0.15) is 0 Å². The molecule has 0 aliphatic carbocycles. The minimum absolute atomic E-state index is 0.289. The molecular formula is C19H19F3N2O. The number of hydrogen-bond acceptors (Lipinski definition) is 3. The standard InChI is InChI=1S/C19H19F3N2O/c1-13-6-4-9-17(14(13)2)24(23-3)18(10-11-25)15-7-5-8-16(12-15)19(20,21)22/h4-10,12,25H,3,11H2,1-2H3/b18-10+. The summed E-state index contributed by atoms with van der Waals surface area (Å²) in [5.41, 5.74) is 2.48. The number of benzene rings is 2. The van der Waals surface area contributed by atoms with Crippen LogP contribution in [0.1, 0.15) is 22.3 Å². The highest BCUT2D eigenvalue weighted by Gasteiger charge is 2.31. The van der Waals surface area contributed by atoms with Crippen molar-refractivity contribution < 1.29 is 18.3 Å². The smallest absolute Gasteiger partial charge is 0.392 e. The van der Waals surface area contributed by atoms with Gasteiger partial charge in [0.25, 0.3) is 0 Å². The maximum absolute atomic E-state index is 13.0. The van der Waals surface area contributed by atoms with Crippen LogP contribution in [-0.2, 0) is 6.18 Å². The van der Waals surface area contributed by atoms with E-state index in [0.717, 1.165) is 23.3 Å². The predicted molar refractivity (Wildman–Crippen MR) is 94.5 cm³/mol. The van der Waals surface area contributed by atoms with Gasteiger partial charge in [-0.2, -0.15) is 18.3 Å². The van der Waals surface area contributed by atoms with E-state index in [-0.39, 0.29) is 12.2 Å². The van der Waals surface area contributed by atoms with E-state index < -0.39 is 11.7 Å². The Hall–Kier alpha value is -2.60. The second-order valence-electron chi connectivity index (χ2n) is 5.52. The Balaban J connectivity index is 2.59. The first-order chi connectivity index (χ1) is 11.8. The van der Waals surface area contributed by atoms with Gasteiger partial charge in [0.05, 0.1) is 23.6 Å². The zero-order valence-corrected chi connectivity index (χ0v) is 14.0. The molecular weight excluding hydrogens is 329 g/mol. The number of aliphatic hydroxyl groups excluding tert-OH is 1. The summed E-state index contributed by atoms with van der Waals surface area (Å²) in [7, 11) is 0. The summed E-state index contributed by atoms with van der Waals surface area (Å²) in [6, 6.07) is 10.5. The molecule has 0 aliphatic heterocycles. The first-order valence-electron chi connectivity index (χ1n) is 7.61. The topological polar surface area (TPSA) is 35.8 Å². The van der Waals surface area contributed by atoms with Crippen molar-refractivity contribution in [1.29, 1.82) is 0 Å². The number of nitrogens with zero attached hydrogens (tertiary/aromatic N) is 2. The molecule has 0 bridgehead atoms. The summed E-state index contributed by atoms with van der Waals surface area (Å²) in [4.78, 5) is 0. The van der Waals surface area contributed by atoms with Gasteiger partial charge in [-0.1, -0.05) is 24.3 Å². The Labute approximate surface area is 144 Å². The van der Waals surface area contributed by atoms with E-state index in [1.165, 1.54) is 17.2 Å². The summed E-state index contributed by atoms with van der Waals surface area (Å²) in [6.07, 6.45) is -3.04. The number of rotatable bonds is 5. The van der Waals surface area contributed by atoms with Gasteiger partial charge in [0.2, 0.25) is 0 Å². The second kappa shape index (κ2) is 7.53. The fourth-order valence-electron chi connectivity index (χ4n) is 2.52. The number of aliphatic hydroxyl groups is 1. The molecule has 0 radical (unpaired) electrons. The van der Waals surface area contributed by atoms with Gasteiger partial charge in [0, 0.05) is 12.3 Å². The summed E-state index contributed by atoms with van der Waals surface area (Å²) < 4.78 is 39.1. The predicted octanol–water partition coefficient (Wildman–Crippen LogP) is 4.78. The average Bonchev–Trinajstić information content (AvgIpc) is 2.57. The zero-order chi connectivity index (χ0) is 18.6. The van der Waals surface area contributed by atoms with Crippen LogP contribution >= 0.6 is 0 Å². The van der Waals surface area contributed by atoms with Gasteiger partial charge >= 0.3 is 6.18 Å². The zero-order valence-electron chi connectivity index (χ0n) is 14.0. The van der Waals surface area contributed by atoms with Gasteiger partial charge in [-0.25, -0.2) is 5.01 Å². The molecule has 132 valence electrons. The highest BCUT2D eigenvalue weighted by Crippen LogP contribution is 2.34. The molecule has 6 heteroatoms. The van der Waals surface area contributed by atoms with Gasteiger partial charge in [-0.05, 0) is 49.2 Å². The molecule has 0 amide bonds.